The van der Waals surface area contributed by atoms with E-state index in [-0.39, 0.29) is 31.8 Å². The summed E-state index contributed by atoms with van der Waals surface area (Å²) in [7, 11) is -6.65. The van der Waals surface area contributed by atoms with E-state index in [4.69, 9.17) is 4.74 Å². The van der Waals surface area contributed by atoms with Crippen molar-refractivity contribution in [3.05, 3.63) is 12.2 Å². The summed E-state index contributed by atoms with van der Waals surface area (Å²) in [5, 5.41) is 0. The summed E-state index contributed by atoms with van der Waals surface area (Å²) in [4.78, 5) is 11.2. The van der Waals surface area contributed by atoms with E-state index in [2.05, 4.69) is 11.3 Å². The fourth-order valence-corrected chi connectivity index (χ4v) is 2.86. The van der Waals surface area contributed by atoms with Crippen molar-refractivity contribution in [2.45, 2.75) is 19.8 Å². The van der Waals surface area contributed by atoms with Crippen LogP contribution in [0.4, 0.5) is 0 Å². The van der Waals surface area contributed by atoms with Gasteiger partial charge in [-0.2, -0.15) is 4.31 Å². The Balaban J connectivity index is 4.21. The molecule has 0 fully saturated rings. The van der Waals surface area contributed by atoms with Crippen molar-refractivity contribution in [3.8, 4) is 0 Å². The molecule has 0 amide bonds. The van der Waals surface area contributed by atoms with Crippen LogP contribution in [-0.2, 0) is 29.6 Å². The Hall–Kier alpha value is -0.970. The zero-order valence-electron chi connectivity index (χ0n) is 13.2. The lowest BCUT2D eigenvalue weighted by molar-refractivity contribution is -0.139. The molecule has 0 aromatic rings. The number of ether oxygens (including phenoxy) is 1. The third kappa shape index (κ3) is 10.7. The lowest BCUT2D eigenvalue weighted by Gasteiger charge is -2.19. The molecule has 0 spiro atoms. The van der Waals surface area contributed by atoms with Gasteiger partial charge in [0.15, 0.2) is 0 Å². The number of hydrogen-bond acceptors (Lipinski definition) is 6. The van der Waals surface area contributed by atoms with Crippen molar-refractivity contribution in [2.24, 2.45) is 0 Å². The highest BCUT2D eigenvalue weighted by Gasteiger charge is 2.16. The number of sulfonamides is 2. The van der Waals surface area contributed by atoms with Crippen LogP contribution in [0.25, 0.3) is 0 Å². The van der Waals surface area contributed by atoms with Gasteiger partial charge in [0.1, 0.15) is 6.61 Å². The Morgan fingerprint density at radius 2 is 1.73 bits per heavy atom. The Morgan fingerprint density at radius 3 is 2.18 bits per heavy atom. The number of unbranched alkanes of at least 4 members (excludes halogenated alkanes) is 1. The molecular formula is C12H24N2O6S2. The number of esters is 1. The first kappa shape index (κ1) is 21.0. The van der Waals surface area contributed by atoms with Crippen molar-refractivity contribution >= 4 is 26.0 Å². The van der Waals surface area contributed by atoms with Gasteiger partial charge in [-0.25, -0.2) is 26.4 Å². The highest BCUT2D eigenvalue weighted by atomic mass is 32.2. The molecule has 0 bridgehead atoms. The van der Waals surface area contributed by atoms with Crippen molar-refractivity contribution in [1.29, 1.82) is 0 Å². The average Bonchev–Trinajstić information content (AvgIpc) is 2.33. The lowest BCUT2D eigenvalue weighted by Crippen LogP contribution is -2.35. The van der Waals surface area contributed by atoms with E-state index in [1.54, 1.807) is 0 Å². The summed E-state index contributed by atoms with van der Waals surface area (Å²) in [6.45, 7) is 5.41. The first-order valence-electron chi connectivity index (χ1n) is 6.66. The highest BCUT2D eigenvalue weighted by molar-refractivity contribution is 7.88. The molecule has 0 aromatic heterocycles. The standard InChI is InChI=1S/C12H24N2O6S2/c1-11(2)12(15)20-10-9-14(22(4,18)19)8-6-5-7-13-21(3,16)17/h13H,1,5-10H2,2-4H3. The molecule has 10 heteroatoms. The van der Waals surface area contributed by atoms with Gasteiger partial charge in [0.2, 0.25) is 20.0 Å². The summed E-state index contributed by atoms with van der Waals surface area (Å²) in [6, 6.07) is 0. The zero-order valence-corrected chi connectivity index (χ0v) is 14.8. The number of carbonyl (C=O) groups is 1. The minimum absolute atomic E-state index is 0.0529. The van der Waals surface area contributed by atoms with Crippen molar-refractivity contribution in [1.82, 2.24) is 9.03 Å². The first-order valence-corrected chi connectivity index (χ1v) is 10.4. The topological polar surface area (TPSA) is 110 Å². The predicted octanol–water partition coefficient (Wildman–Crippen LogP) is -0.303. The molecule has 1 N–H and O–H groups in total. The Labute approximate surface area is 132 Å². The predicted molar refractivity (Wildman–Crippen MR) is 84.3 cm³/mol. The second-order valence-electron chi connectivity index (χ2n) is 4.95. The second kappa shape index (κ2) is 9.23. The van der Waals surface area contributed by atoms with E-state index in [1.165, 1.54) is 11.2 Å². The van der Waals surface area contributed by atoms with Gasteiger partial charge in [0.05, 0.1) is 12.5 Å². The van der Waals surface area contributed by atoms with Gasteiger partial charge in [0.25, 0.3) is 0 Å². The molecule has 0 heterocycles. The smallest absolute Gasteiger partial charge is 0.333 e. The maximum Gasteiger partial charge on any atom is 0.333 e. The van der Waals surface area contributed by atoms with E-state index in [1.807, 2.05) is 0 Å². The molecule has 130 valence electrons. The van der Waals surface area contributed by atoms with Crippen LogP contribution in [0.5, 0.6) is 0 Å². The van der Waals surface area contributed by atoms with Gasteiger partial charge in [-0.1, -0.05) is 6.58 Å². The maximum atomic E-state index is 11.6. The van der Waals surface area contributed by atoms with Gasteiger partial charge in [0, 0.05) is 25.2 Å². The summed E-state index contributed by atoms with van der Waals surface area (Å²) >= 11 is 0. The van der Waals surface area contributed by atoms with Crippen LogP contribution in [0.2, 0.25) is 0 Å². The lowest BCUT2D eigenvalue weighted by atomic mass is 10.3. The van der Waals surface area contributed by atoms with Crippen LogP contribution in [0, 0.1) is 0 Å². The third-order valence-corrected chi connectivity index (χ3v) is 4.62. The molecule has 22 heavy (non-hydrogen) atoms. The van der Waals surface area contributed by atoms with Crippen molar-refractivity contribution < 1.29 is 26.4 Å². The van der Waals surface area contributed by atoms with Crippen molar-refractivity contribution in [2.75, 3.05) is 38.8 Å². The molecular weight excluding hydrogens is 332 g/mol. The quantitative estimate of drug-likeness (QED) is 0.309. The fraction of sp³-hybridized carbons (Fsp3) is 0.750. The molecule has 0 aromatic carbocycles. The van der Waals surface area contributed by atoms with Crippen LogP contribution in [0.15, 0.2) is 12.2 Å². The summed E-state index contributed by atoms with van der Waals surface area (Å²) < 4.78 is 53.4. The number of nitrogens with one attached hydrogen (secondary N) is 1. The summed E-state index contributed by atoms with van der Waals surface area (Å²) in [5.41, 5.74) is 0.248. The molecule has 0 atom stereocenters. The molecule has 0 saturated heterocycles. The molecule has 0 saturated carbocycles. The number of carbonyl (C=O) groups excluding carboxylic acids is 1. The zero-order chi connectivity index (χ0) is 17.4. The minimum atomic E-state index is -3.42. The maximum absolute atomic E-state index is 11.6. The first-order chi connectivity index (χ1) is 9.93. The number of rotatable bonds is 11. The SMILES string of the molecule is C=C(C)C(=O)OCCN(CCCCNS(C)(=O)=O)S(C)(=O)=O. The van der Waals surface area contributed by atoms with E-state index < -0.39 is 26.0 Å². The van der Waals surface area contributed by atoms with Crippen LogP contribution in [-0.4, -0.2) is 65.9 Å². The van der Waals surface area contributed by atoms with Gasteiger partial charge < -0.3 is 4.74 Å². The Morgan fingerprint density at radius 1 is 1.14 bits per heavy atom. The molecule has 0 aliphatic rings. The second-order valence-corrected chi connectivity index (χ2v) is 8.77. The van der Waals surface area contributed by atoms with Crippen molar-refractivity contribution in [3.63, 3.8) is 0 Å². The molecule has 0 rings (SSSR count). The van der Waals surface area contributed by atoms with Gasteiger partial charge in [-0.05, 0) is 19.8 Å². The van der Waals surface area contributed by atoms with Gasteiger partial charge in [-0.3, -0.25) is 0 Å². The molecule has 0 unspecified atom stereocenters. The van der Waals surface area contributed by atoms with Crippen LogP contribution in [0.1, 0.15) is 19.8 Å². The van der Waals surface area contributed by atoms with E-state index in [0.29, 0.717) is 12.8 Å². The average molecular weight is 356 g/mol. The van der Waals surface area contributed by atoms with Gasteiger partial charge in [-0.15, -0.1) is 0 Å². The summed E-state index contributed by atoms with van der Waals surface area (Å²) in [5.74, 6) is -0.564. The van der Waals surface area contributed by atoms with E-state index >= 15 is 0 Å². The summed E-state index contributed by atoms with van der Waals surface area (Å²) in [6.07, 6.45) is 3.13. The monoisotopic (exact) mass is 356 g/mol. The largest absolute Gasteiger partial charge is 0.461 e. The fourth-order valence-electron chi connectivity index (χ4n) is 1.48. The third-order valence-electron chi connectivity index (χ3n) is 2.59. The van der Waals surface area contributed by atoms with Crippen LogP contribution < -0.4 is 4.72 Å². The highest BCUT2D eigenvalue weighted by Crippen LogP contribution is 2.02. The molecule has 8 nitrogen and oxygen atoms in total. The minimum Gasteiger partial charge on any atom is -0.461 e. The molecule has 0 radical (unpaired) electrons. The van der Waals surface area contributed by atoms with E-state index in [9.17, 15) is 21.6 Å². The number of hydrogen-bond donors (Lipinski definition) is 1. The Kier molecular flexibility index (Phi) is 8.83. The van der Waals surface area contributed by atoms with Gasteiger partial charge >= 0.3 is 5.97 Å². The molecule has 0 aliphatic heterocycles. The van der Waals surface area contributed by atoms with Crippen LogP contribution >= 0.6 is 0 Å². The normalized spacial score (nSPS) is 12.4. The number of nitrogens with zero attached hydrogens (tertiary/aromatic N) is 1. The van der Waals surface area contributed by atoms with Crippen LogP contribution in [0.3, 0.4) is 0 Å². The Bertz CT molecular complexity index is 583. The van der Waals surface area contributed by atoms with E-state index in [0.717, 1.165) is 12.5 Å². The molecule has 0 aliphatic carbocycles.